The molecule has 1 saturated carbocycles. The number of carbonyl (C=O) groups excluding carboxylic acids is 3. The molecule has 274 valence electrons. The molecule has 0 spiro atoms. The molecule has 3 aromatic rings. The lowest BCUT2D eigenvalue weighted by atomic mass is 9.85. The molecule has 2 aliphatic heterocycles. The van der Waals surface area contributed by atoms with Crippen molar-refractivity contribution in [1.82, 2.24) is 30.2 Å². The van der Waals surface area contributed by atoms with Crippen molar-refractivity contribution in [1.29, 1.82) is 0 Å². The molecule has 6 atom stereocenters. The zero-order valence-electron chi connectivity index (χ0n) is 30.8. The number of hydrogen-bond donors (Lipinski definition) is 1. The van der Waals surface area contributed by atoms with Gasteiger partial charge in [0.2, 0.25) is 11.8 Å². The van der Waals surface area contributed by atoms with Crippen LogP contribution in [0.3, 0.4) is 0 Å². The van der Waals surface area contributed by atoms with Gasteiger partial charge in [-0.1, -0.05) is 40.5 Å². The number of benzene rings is 1. The highest BCUT2D eigenvalue weighted by Gasteiger charge is 2.51. The van der Waals surface area contributed by atoms with Crippen molar-refractivity contribution in [2.45, 2.75) is 130 Å². The van der Waals surface area contributed by atoms with Crippen molar-refractivity contribution in [2.75, 3.05) is 6.54 Å². The second-order valence-electron chi connectivity index (χ2n) is 15.7. The van der Waals surface area contributed by atoms with E-state index in [1.54, 1.807) is 23.5 Å². The molecule has 1 N–H and O–H groups in total. The molecule has 2 amide bonds. The van der Waals surface area contributed by atoms with Crippen molar-refractivity contribution < 1.29 is 28.6 Å². The molecule has 12 nitrogen and oxygen atoms in total. The van der Waals surface area contributed by atoms with Crippen molar-refractivity contribution in [3.8, 4) is 11.6 Å². The summed E-state index contributed by atoms with van der Waals surface area (Å²) in [4.78, 5) is 61.4. The first kappa shape index (κ1) is 36.4. The number of aromatic nitrogens is 4. The van der Waals surface area contributed by atoms with Crippen LogP contribution < -0.4 is 14.8 Å². The van der Waals surface area contributed by atoms with Gasteiger partial charge in [0.1, 0.15) is 35.8 Å². The minimum Gasteiger partial charge on any atom is -0.487 e. The lowest BCUT2D eigenvalue weighted by molar-refractivity contribution is -0.141. The number of aryl methyl sites for hydroxylation is 1. The quantitative estimate of drug-likeness (QED) is 0.318. The number of alkyl carbamates (subject to hydrolysis) is 1. The van der Waals surface area contributed by atoms with E-state index in [0.717, 1.165) is 56.2 Å². The topological polar surface area (TPSA) is 146 Å². The third kappa shape index (κ3) is 8.10. The van der Waals surface area contributed by atoms with Crippen molar-refractivity contribution >= 4 is 28.8 Å². The number of fused-ring (bicyclic) bond motifs is 5. The number of Topliss-reactive ketones (excluding diaryl/α,β-unsaturated/α-hetero) is 1. The monoisotopic (exact) mass is 700 g/mol. The minimum atomic E-state index is -0.915. The second kappa shape index (κ2) is 15.1. The summed E-state index contributed by atoms with van der Waals surface area (Å²) in [6.07, 6.45) is 11.7. The van der Waals surface area contributed by atoms with Gasteiger partial charge in [0, 0.05) is 24.4 Å². The van der Waals surface area contributed by atoms with E-state index in [2.05, 4.69) is 15.3 Å². The molecule has 2 aromatic heterocycles. The Morgan fingerprint density at radius 3 is 2.61 bits per heavy atom. The molecule has 0 radical (unpaired) electrons. The van der Waals surface area contributed by atoms with E-state index in [1.165, 1.54) is 6.92 Å². The average molecular weight is 701 g/mol. The summed E-state index contributed by atoms with van der Waals surface area (Å²) >= 11 is 0. The van der Waals surface area contributed by atoms with Gasteiger partial charge in [-0.25, -0.2) is 14.8 Å². The lowest BCUT2D eigenvalue weighted by Gasteiger charge is -2.37. The number of ketones is 1. The Labute approximate surface area is 300 Å². The molecule has 6 rings (SSSR count). The van der Waals surface area contributed by atoms with Gasteiger partial charge in [-0.05, 0) is 82.3 Å². The van der Waals surface area contributed by atoms with Gasteiger partial charge in [-0.3, -0.25) is 19.6 Å². The van der Waals surface area contributed by atoms with Gasteiger partial charge >= 0.3 is 6.09 Å². The Kier molecular flexibility index (Phi) is 10.8. The van der Waals surface area contributed by atoms with Crippen LogP contribution in [-0.4, -0.2) is 73.0 Å². The van der Waals surface area contributed by atoms with E-state index in [9.17, 15) is 14.4 Å². The van der Waals surface area contributed by atoms with E-state index in [4.69, 9.17) is 24.2 Å². The number of carbonyl (C=O) groups is 3. The number of nitrogens with one attached hydrogen (secondary N) is 1. The summed E-state index contributed by atoms with van der Waals surface area (Å²) in [6.45, 7) is 11.7. The Bertz CT molecular complexity index is 1730. The predicted molar refractivity (Wildman–Crippen MR) is 191 cm³/mol. The third-order valence-corrected chi connectivity index (χ3v) is 11.0. The summed E-state index contributed by atoms with van der Waals surface area (Å²) in [5.41, 5.74) is 1.55. The fourth-order valence-electron chi connectivity index (χ4n) is 8.17. The van der Waals surface area contributed by atoms with Gasteiger partial charge in [0.15, 0.2) is 5.78 Å². The van der Waals surface area contributed by atoms with Gasteiger partial charge in [-0.2, -0.15) is 0 Å². The summed E-state index contributed by atoms with van der Waals surface area (Å²) in [5.74, 6) is 0.522. The van der Waals surface area contributed by atoms with Crippen LogP contribution in [-0.2, 0) is 27.4 Å². The fourth-order valence-corrected chi connectivity index (χ4v) is 8.17. The predicted octanol–water partition coefficient (Wildman–Crippen LogP) is 6.39. The Hall–Kier alpha value is -4.35. The molecule has 1 aromatic carbocycles. The molecular formula is C39H52N6O6. The van der Waals surface area contributed by atoms with Crippen LogP contribution in [0.1, 0.15) is 104 Å². The standard InChI is InChI=1S/C39H52N6O6/c1-7-28-32-22-45(33(28)24(2)46)36(47)34(38(3,4)5)44-37(48)51-39(6)17-11-13-25(39)12-9-8-10-14-30-35(50-32)43-31-20-27(15-16-29(31)42-30)49-23-26-21-40-18-19-41-26/h15-16,18-21,25,28,32-34H,7-14,17,22-23H2,1-6H3,(H,44,48)/t25-,28-,32+,33-,34-,39-/m1/s1. The first-order chi connectivity index (χ1) is 24.4. The molecule has 0 unspecified atom stereocenters. The summed E-state index contributed by atoms with van der Waals surface area (Å²) in [5, 5.41) is 2.94. The Morgan fingerprint density at radius 1 is 1.08 bits per heavy atom. The van der Waals surface area contributed by atoms with Crippen molar-refractivity contribution in [3.05, 3.63) is 48.2 Å². The van der Waals surface area contributed by atoms with Crippen LogP contribution >= 0.6 is 0 Å². The normalized spacial score (nSPS) is 27.7. The van der Waals surface area contributed by atoms with E-state index in [0.29, 0.717) is 35.7 Å². The molecule has 2 fully saturated rings. The van der Waals surface area contributed by atoms with E-state index < -0.39 is 35.3 Å². The first-order valence-electron chi connectivity index (χ1n) is 18.5. The zero-order valence-corrected chi connectivity index (χ0v) is 30.8. The number of amides is 2. The van der Waals surface area contributed by atoms with Gasteiger partial charge in [-0.15, -0.1) is 0 Å². The average Bonchev–Trinajstić information content (AvgIpc) is 3.64. The smallest absolute Gasteiger partial charge is 0.408 e. The molecule has 1 aliphatic carbocycles. The molecule has 2 bridgehead atoms. The molecule has 51 heavy (non-hydrogen) atoms. The van der Waals surface area contributed by atoms with E-state index in [-0.39, 0.29) is 36.7 Å². The Balaban J connectivity index is 1.36. The number of hydrogen-bond acceptors (Lipinski definition) is 10. The molecule has 12 heteroatoms. The van der Waals surface area contributed by atoms with E-state index >= 15 is 0 Å². The summed E-state index contributed by atoms with van der Waals surface area (Å²) < 4.78 is 18.9. The SMILES string of the molecule is CC[C@@H]1[C@@H]2CN(C(=O)[C@H](C(C)(C)C)NC(=O)O[C@]3(C)CCC[C@H]3CCCCCc3nc4ccc(OCc5cnccn5)cc4nc3O2)[C@@H]1C(C)=O. The van der Waals surface area contributed by atoms with Gasteiger partial charge in [0.25, 0.3) is 0 Å². The highest BCUT2D eigenvalue weighted by Crippen LogP contribution is 2.42. The van der Waals surface area contributed by atoms with Gasteiger partial charge < -0.3 is 24.4 Å². The van der Waals surface area contributed by atoms with Crippen LogP contribution in [0.4, 0.5) is 4.79 Å². The lowest BCUT2D eigenvalue weighted by Crippen LogP contribution is -2.58. The largest absolute Gasteiger partial charge is 0.487 e. The van der Waals surface area contributed by atoms with E-state index in [1.807, 2.05) is 52.8 Å². The molecule has 3 aliphatic rings. The molecular weight excluding hydrogens is 648 g/mol. The fraction of sp³-hybridized carbons (Fsp3) is 0.615. The highest BCUT2D eigenvalue weighted by molar-refractivity contribution is 5.92. The van der Waals surface area contributed by atoms with Crippen LogP contribution in [0.5, 0.6) is 11.6 Å². The number of rotatable bonds is 5. The van der Waals surface area contributed by atoms with Crippen molar-refractivity contribution in [2.24, 2.45) is 17.3 Å². The first-order valence-corrected chi connectivity index (χ1v) is 18.5. The van der Waals surface area contributed by atoms with Crippen LogP contribution in [0.2, 0.25) is 0 Å². The van der Waals surface area contributed by atoms with Gasteiger partial charge in [0.05, 0.1) is 35.5 Å². The maximum Gasteiger partial charge on any atom is 0.408 e. The molecule has 1 saturated heterocycles. The van der Waals surface area contributed by atoms with Crippen LogP contribution in [0.15, 0.2) is 36.8 Å². The second-order valence-corrected chi connectivity index (χ2v) is 15.7. The highest BCUT2D eigenvalue weighted by atomic mass is 16.6. The number of nitrogens with zero attached hydrogens (tertiary/aromatic N) is 5. The maximum absolute atomic E-state index is 14.5. The Morgan fingerprint density at radius 2 is 1.88 bits per heavy atom. The van der Waals surface area contributed by atoms with Crippen molar-refractivity contribution in [3.63, 3.8) is 0 Å². The maximum atomic E-state index is 14.5. The zero-order chi connectivity index (χ0) is 36.3. The number of ether oxygens (including phenoxy) is 3. The minimum absolute atomic E-state index is 0.126. The van der Waals surface area contributed by atoms with Crippen LogP contribution in [0.25, 0.3) is 11.0 Å². The third-order valence-electron chi connectivity index (χ3n) is 11.0. The summed E-state index contributed by atoms with van der Waals surface area (Å²) in [7, 11) is 0. The molecule has 4 heterocycles. The van der Waals surface area contributed by atoms with Crippen LogP contribution in [0, 0.1) is 17.3 Å². The summed E-state index contributed by atoms with van der Waals surface area (Å²) in [6, 6.07) is 3.98.